The standard InChI is InChI=1S/C13H17BrFNO2/c1-4-16(13(17)9(2)14)8-10-5-6-12(18-3)11(15)7-10/h5-7,9H,4,8H2,1-3H3. The topological polar surface area (TPSA) is 29.5 Å². The molecule has 1 aromatic carbocycles. The van der Waals surface area contributed by atoms with E-state index in [9.17, 15) is 9.18 Å². The molecule has 0 bridgehead atoms. The Bertz CT molecular complexity index is 423. The molecule has 0 saturated heterocycles. The lowest BCUT2D eigenvalue weighted by atomic mass is 10.2. The summed E-state index contributed by atoms with van der Waals surface area (Å²) in [5.41, 5.74) is 0.747. The van der Waals surface area contributed by atoms with Crippen LogP contribution in [-0.2, 0) is 11.3 Å². The van der Waals surface area contributed by atoms with E-state index in [1.807, 2.05) is 6.92 Å². The Morgan fingerprint density at radius 2 is 2.22 bits per heavy atom. The van der Waals surface area contributed by atoms with Crippen LogP contribution in [0, 0.1) is 5.82 Å². The SMILES string of the molecule is CCN(Cc1ccc(OC)c(F)c1)C(=O)C(C)Br. The van der Waals surface area contributed by atoms with Gasteiger partial charge in [-0.25, -0.2) is 4.39 Å². The number of hydrogen-bond donors (Lipinski definition) is 0. The van der Waals surface area contributed by atoms with Crippen LogP contribution in [0.3, 0.4) is 0 Å². The average molecular weight is 318 g/mol. The number of nitrogens with zero attached hydrogens (tertiary/aromatic N) is 1. The first-order valence-corrected chi connectivity index (χ1v) is 6.66. The lowest BCUT2D eigenvalue weighted by molar-refractivity contribution is -0.130. The smallest absolute Gasteiger partial charge is 0.236 e. The van der Waals surface area contributed by atoms with Crippen LogP contribution in [0.1, 0.15) is 19.4 Å². The first kappa shape index (κ1) is 15.0. The monoisotopic (exact) mass is 317 g/mol. The molecule has 0 heterocycles. The Morgan fingerprint density at radius 1 is 1.56 bits per heavy atom. The van der Waals surface area contributed by atoms with Crippen molar-refractivity contribution < 1.29 is 13.9 Å². The summed E-state index contributed by atoms with van der Waals surface area (Å²) in [5.74, 6) is -0.207. The van der Waals surface area contributed by atoms with E-state index in [0.717, 1.165) is 5.56 Å². The van der Waals surface area contributed by atoms with Crippen molar-refractivity contribution in [2.24, 2.45) is 0 Å². The van der Waals surface area contributed by atoms with E-state index >= 15 is 0 Å². The Balaban J connectivity index is 2.82. The van der Waals surface area contributed by atoms with Crippen LogP contribution in [0.25, 0.3) is 0 Å². The molecule has 0 aliphatic rings. The highest BCUT2D eigenvalue weighted by molar-refractivity contribution is 9.10. The van der Waals surface area contributed by atoms with Gasteiger partial charge in [0.05, 0.1) is 11.9 Å². The van der Waals surface area contributed by atoms with Gasteiger partial charge in [0.25, 0.3) is 0 Å². The van der Waals surface area contributed by atoms with Crippen LogP contribution in [-0.4, -0.2) is 29.3 Å². The number of rotatable bonds is 5. The zero-order chi connectivity index (χ0) is 13.7. The van der Waals surface area contributed by atoms with Gasteiger partial charge in [-0.3, -0.25) is 4.79 Å². The van der Waals surface area contributed by atoms with Crippen molar-refractivity contribution in [2.75, 3.05) is 13.7 Å². The highest BCUT2D eigenvalue weighted by Crippen LogP contribution is 2.19. The van der Waals surface area contributed by atoms with Crippen molar-refractivity contribution >= 4 is 21.8 Å². The lowest BCUT2D eigenvalue weighted by Crippen LogP contribution is -2.34. The number of halogens is 2. The quantitative estimate of drug-likeness (QED) is 0.781. The molecule has 1 amide bonds. The summed E-state index contributed by atoms with van der Waals surface area (Å²) in [6.45, 7) is 4.65. The van der Waals surface area contributed by atoms with Gasteiger partial charge in [-0.1, -0.05) is 22.0 Å². The van der Waals surface area contributed by atoms with Gasteiger partial charge in [-0.2, -0.15) is 0 Å². The fourth-order valence-electron chi connectivity index (χ4n) is 1.63. The summed E-state index contributed by atoms with van der Waals surface area (Å²) in [6, 6.07) is 4.73. The Hall–Kier alpha value is -1.10. The average Bonchev–Trinajstić information content (AvgIpc) is 2.35. The fraction of sp³-hybridized carbons (Fsp3) is 0.462. The van der Waals surface area contributed by atoms with E-state index in [2.05, 4.69) is 15.9 Å². The molecule has 0 aromatic heterocycles. The van der Waals surface area contributed by atoms with Crippen molar-refractivity contribution in [3.05, 3.63) is 29.6 Å². The van der Waals surface area contributed by atoms with Crippen LogP contribution in [0.15, 0.2) is 18.2 Å². The van der Waals surface area contributed by atoms with Gasteiger partial charge in [-0.05, 0) is 31.5 Å². The molecule has 100 valence electrons. The molecule has 0 fully saturated rings. The number of benzene rings is 1. The summed E-state index contributed by atoms with van der Waals surface area (Å²) in [5, 5.41) is 0. The Kier molecular flexibility index (Phi) is 5.59. The molecule has 0 aliphatic carbocycles. The van der Waals surface area contributed by atoms with E-state index in [1.54, 1.807) is 24.0 Å². The lowest BCUT2D eigenvalue weighted by Gasteiger charge is -2.22. The van der Waals surface area contributed by atoms with Crippen LogP contribution in [0.2, 0.25) is 0 Å². The molecular formula is C13H17BrFNO2. The molecule has 0 radical (unpaired) electrons. The third kappa shape index (κ3) is 3.70. The van der Waals surface area contributed by atoms with Gasteiger partial charge in [0.2, 0.25) is 5.91 Å². The van der Waals surface area contributed by atoms with Gasteiger partial charge in [0, 0.05) is 13.1 Å². The maximum Gasteiger partial charge on any atom is 0.236 e. The fourth-order valence-corrected chi connectivity index (χ4v) is 1.92. The maximum absolute atomic E-state index is 13.5. The molecular weight excluding hydrogens is 301 g/mol. The molecule has 0 aliphatic heterocycles. The van der Waals surface area contributed by atoms with Gasteiger partial charge < -0.3 is 9.64 Å². The molecule has 5 heteroatoms. The predicted molar refractivity (Wildman–Crippen MR) is 72.4 cm³/mol. The summed E-state index contributed by atoms with van der Waals surface area (Å²) in [6.07, 6.45) is 0. The molecule has 0 spiro atoms. The molecule has 1 atom stereocenters. The zero-order valence-electron chi connectivity index (χ0n) is 10.7. The van der Waals surface area contributed by atoms with E-state index in [1.165, 1.54) is 13.2 Å². The van der Waals surface area contributed by atoms with Gasteiger partial charge >= 0.3 is 0 Å². The van der Waals surface area contributed by atoms with Gasteiger partial charge in [-0.15, -0.1) is 0 Å². The van der Waals surface area contributed by atoms with Crippen LogP contribution in [0.5, 0.6) is 5.75 Å². The zero-order valence-corrected chi connectivity index (χ0v) is 12.3. The predicted octanol–water partition coefficient (Wildman–Crippen LogP) is 2.97. The van der Waals surface area contributed by atoms with Crippen molar-refractivity contribution in [2.45, 2.75) is 25.2 Å². The van der Waals surface area contributed by atoms with Crippen molar-refractivity contribution in [1.29, 1.82) is 0 Å². The van der Waals surface area contributed by atoms with Crippen LogP contribution in [0.4, 0.5) is 4.39 Å². The van der Waals surface area contributed by atoms with Gasteiger partial charge in [0.15, 0.2) is 11.6 Å². The second-order valence-electron chi connectivity index (χ2n) is 3.94. The van der Waals surface area contributed by atoms with Crippen molar-refractivity contribution in [3.8, 4) is 5.75 Å². The highest BCUT2D eigenvalue weighted by atomic mass is 79.9. The molecule has 1 unspecified atom stereocenters. The third-order valence-corrected chi connectivity index (χ3v) is 3.01. The minimum Gasteiger partial charge on any atom is -0.494 e. The summed E-state index contributed by atoms with van der Waals surface area (Å²) in [4.78, 5) is 13.3. The Labute approximate surface area is 115 Å². The Morgan fingerprint density at radius 3 is 2.67 bits per heavy atom. The molecule has 3 nitrogen and oxygen atoms in total. The molecule has 1 aromatic rings. The second kappa shape index (κ2) is 6.73. The molecule has 1 rings (SSSR count). The van der Waals surface area contributed by atoms with Crippen molar-refractivity contribution in [1.82, 2.24) is 4.90 Å². The number of alkyl halides is 1. The third-order valence-electron chi connectivity index (χ3n) is 2.62. The van der Waals surface area contributed by atoms with E-state index in [-0.39, 0.29) is 16.5 Å². The first-order chi connectivity index (χ1) is 8.49. The number of carbonyl (C=O) groups is 1. The first-order valence-electron chi connectivity index (χ1n) is 5.74. The number of hydrogen-bond acceptors (Lipinski definition) is 2. The number of methoxy groups -OCH3 is 1. The van der Waals surface area contributed by atoms with Crippen LogP contribution >= 0.6 is 15.9 Å². The molecule has 0 saturated carbocycles. The largest absolute Gasteiger partial charge is 0.494 e. The van der Waals surface area contributed by atoms with E-state index in [0.29, 0.717) is 13.1 Å². The van der Waals surface area contributed by atoms with Crippen molar-refractivity contribution in [3.63, 3.8) is 0 Å². The summed E-state index contributed by atoms with van der Waals surface area (Å²) >= 11 is 3.25. The number of carbonyl (C=O) groups excluding carboxylic acids is 1. The normalized spacial score (nSPS) is 12.1. The minimum atomic E-state index is -0.412. The summed E-state index contributed by atoms with van der Waals surface area (Å²) in [7, 11) is 1.42. The number of amides is 1. The van der Waals surface area contributed by atoms with E-state index in [4.69, 9.17) is 4.74 Å². The van der Waals surface area contributed by atoms with Crippen LogP contribution < -0.4 is 4.74 Å². The summed E-state index contributed by atoms with van der Waals surface area (Å²) < 4.78 is 18.4. The van der Waals surface area contributed by atoms with Gasteiger partial charge in [0.1, 0.15) is 0 Å². The maximum atomic E-state index is 13.5. The minimum absolute atomic E-state index is 0.00581. The second-order valence-corrected chi connectivity index (χ2v) is 5.31. The van der Waals surface area contributed by atoms with E-state index < -0.39 is 5.82 Å². The number of ether oxygens (including phenoxy) is 1. The molecule has 0 N–H and O–H groups in total. The highest BCUT2D eigenvalue weighted by Gasteiger charge is 2.17. The molecule has 18 heavy (non-hydrogen) atoms.